The van der Waals surface area contributed by atoms with E-state index in [-0.39, 0.29) is 11.7 Å². The molecule has 0 spiro atoms. The summed E-state index contributed by atoms with van der Waals surface area (Å²) >= 11 is 0. The molecule has 0 bridgehead atoms. The molecule has 3 rings (SSSR count). The minimum atomic E-state index is -0.285. The summed E-state index contributed by atoms with van der Waals surface area (Å²) in [4.78, 5) is 14.1. The van der Waals surface area contributed by atoms with E-state index < -0.39 is 0 Å². The Morgan fingerprint density at radius 1 is 1.22 bits per heavy atom. The highest BCUT2D eigenvalue weighted by molar-refractivity contribution is 5.97. The van der Waals surface area contributed by atoms with Gasteiger partial charge in [0.05, 0.1) is 5.52 Å². The molecule has 1 amide bonds. The number of fused-ring (bicyclic) bond motifs is 1. The van der Waals surface area contributed by atoms with E-state index >= 15 is 0 Å². The molecule has 23 heavy (non-hydrogen) atoms. The molecule has 5 nitrogen and oxygen atoms in total. The Balaban J connectivity index is 1.80. The number of nitrogens with zero attached hydrogens (tertiary/aromatic N) is 4. The highest BCUT2D eigenvalue weighted by Crippen LogP contribution is 2.16. The summed E-state index contributed by atoms with van der Waals surface area (Å²) < 4.78 is 14.7. The number of amides is 1. The molecule has 0 aliphatic heterocycles. The Hall–Kier alpha value is -2.76. The van der Waals surface area contributed by atoms with Crippen LogP contribution in [0, 0.1) is 5.82 Å². The topological polar surface area (TPSA) is 51.0 Å². The fraction of sp³-hybridized carbons (Fsp3) is 0.235. The smallest absolute Gasteiger partial charge is 0.253 e. The molecule has 3 aromatic rings. The van der Waals surface area contributed by atoms with Crippen molar-refractivity contribution in [2.24, 2.45) is 0 Å². The van der Waals surface area contributed by atoms with Gasteiger partial charge in [0.1, 0.15) is 11.3 Å². The van der Waals surface area contributed by atoms with Crippen LogP contribution in [-0.4, -0.2) is 32.8 Å². The van der Waals surface area contributed by atoms with Crippen LogP contribution in [0.2, 0.25) is 0 Å². The second-order valence-corrected chi connectivity index (χ2v) is 5.40. The minimum Gasteiger partial charge on any atom is -0.337 e. The van der Waals surface area contributed by atoms with Crippen molar-refractivity contribution in [2.45, 2.75) is 20.0 Å². The maximum atomic E-state index is 12.9. The third-order valence-electron chi connectivity index (χ3n) is 3.74. The largest absolute Gasteiger partial charge is 0.337 e. The predicted octanol–water partition coefficient (Wildman–Crippen LogP) is 2.86. The minimum absolute atomic E-state index is 0.109. The van der Waals surface area contributed by atoms with E-state index in [9.17, 15) is 9.18 Å². The SMILES string of the molecule is CCn1nnc2cc(C(=O)N(C)Cc3ccc(F)cc3)ccc21. The summed E-state index contributed by atoms with van der Waals surface area (Å²) in [7, 11) is 1.72. The first-order chi connectivity index (χ1) is 11.1. The average Bonchev–Trinajstić information content (AvgIpc) is 2.98. The lowest BCUT2D eigenvalue weighted by molar-refractivity contribution is 0.0785. The van der Waals surface area contributed by atoms with Crippen LogP contribution in [0.25, 0.3) is 11.0 Å². The molecule has 0 aliphatic rings. The molecule has 6 heteroatoms. The molecule has 2 aromatic carbocycles. The van der Waals surface area contributed by atoms with E-state index in [2.05, 4.69) is 10.3 Å². The molecule has 1 heterocycles. The number of benzene rings is 2. The normalized spacial score (nSPS) is 10.9. The number of hydrogen-bond donors (Lipinski definition) is 0. The number of carbonyl (C=O) groups is 1. The Bertz CT molecular complexity index is 841. The number of aromatic nitrogens is 3. The first-order valence-electron chi connectivity index (χ1n) is 7.41. The molecule has 0 fully saturated rings. The number of aryl methyl sites for hydroxylation is 1. The van der Waals surface area contributed by atoms with E-state index in [0.29, 0.717) is 17.6 Å². The zero-order valence-electron chi connectivity index (χ0n) is 13.0. The lowest BCUT2D eigenvalue weighted by atomic mass is 10.1. The number of hydrogen-bond acceptors (Lipinski definition) is 3. The predicted molar refractivity (Wildman–Crippen MR) is 85.4 cm³/mol. The molecule has 0 N–H and O–H groups in total. The summed E-state index contributed by atoms with van der Waals surface area (Å²) in [6.07, 6.45) is 0. The summed E-state index contributed by atoms with van der Waals surface area (Å²) in [6, 6.07) is 11.5. The van der Waals surface area contributed by atoms with Gasteiger partial charge < -0.3 is 4.90 Å². The molecular weight excluding hydrogens is 295 g/mol. The second-order valence-electron chi connectivity index (χ2n) is 5.40. The molecule has 0 aliphatic carbocycles. The highest BCUT2D eigenvalue weighted by Gasteiger charge is 2.14. The molecule has 0 saturated carbocycles. The average molecular weight is 312 g/mol. The first-order valence-corrected chi connectivity index (χ1v) is 7.41. The van der Waals surface area contributed by atoms with Gasteiger partial charge in [0, 0.05) is 25.7 Å². The Morgan fingerprint density at radius 3 is 2.65 bits per heavy atom. The second kappa shape index (κ2) is 6.16. The van der Waals surface area contributed by atoms with E-state index in [4.69, 9.17) is 0 Å². The number of carbonyl (C=O) groups excluding carboxylic acids is 1. The maximum absolute atomic E-state index is 12.9. The molecule has 1 aromatic heterocycles. The molecule has 0 unspecified atom stereocenters. The van der Waals surface area contributed by atoms with Crippen LogP contribution >= 0.6 is 0 Å². The molecular formula is C17H17FN4O. The fourth-order valence-electron chi connectivity index (χ4n) is 2.49. The van der Waals surface area contributed by atoms with Crippen molar-refractivity contribution in [3.05, 3.63) is 59.4 Å². The van der Waals surface area contributed by atoms with Gasteiger partial charge >= 0.3 is 0 Å². The van der Waals surface area contributed by atoms with Gasteiger partial charge in [-0.1, -0.05) is 17.3 Å². The van der Waals surface area contributed by atoms with Gasteiger partial charge in [-0.2, -0.15) is 0 Å². The van der Waals surface area contributed by atoms with Crippen LogP contribution in [-0.2, 0) is 13.1 Å². The van der Waals surface area contributed by atoms with Crippen LogP contribution in [0.5, 0.6) is 0 Å². The van der Waals surface area contributed by atoms with Crippen molar-refractivity contribution in [1.29, 1.82) is 0 Å². The van der Waals surface area contributed by atoms with Gasteiger partial charge in [-0.25, -0.2) is 9.07 Å². The van der Waals surface area contributed by atoms with Crippen LogP contribution in [0.3, 0.4) is 0 Å². The molecule has 0 saturated heterocycles. The van der Waals surface area contributed by atoms with Gasteiger partial charge in [0.25, 0.3) is 5.91 Å². The van der Waals surface area contributed by atoms with Gasteiger partial charge in [-0.3, -0.25) is 4.79 Å². The quantitative estimate of drug-likeness (QED) is 0.744. The van der Waals surface area contributed by atoms with E-state index in [1.165, 1.54) is 12.1 Å². The zero-order valence-corrected chi connectivity index (χ0v) is 13.0. The van der Waals surface area contributed by atoms with Gasteiger partial charge in [0.2, 0.25) is 0 Å². The van der Waals surface area contributed by atoms with Gasteiger partial charge in [-0.05, 0) is 42.8 Å². The molecule has 118 valence electrons. The van der Waals surface area contributed by atoms with Crippen molar-refractivity contribution in [1.82, 2.24) is 19.9 Å². The van der Waals surface area contributed by atoms with E-state index in [1.54, 1.807) is 40.9 Å². The van der Waals surface area contributed by atoms with Crippen LogP contribution in [0.15, 0.2) is 42.5 Å². The van der Waals surface area contributed by atoms with Crippen molar-refractivity contribution < 1.29 is 9.18 Å². The summed E-state index contributed by atoms with van der Waals surface area (Å²) in [5.41, 5.74) is 3.05. The van der Waals surface area contributed by atoms with Crippen molar-refractivity contribution in [3.63, 3.8) is 0 Å². The zero-order chi connectivity index (χ0) is 16.4. The summed E-state index contributed by atoms with van der Waals surface area (Å²) in [5, 5.41) is 8.13. The monoisotopic (exact) mass is 312 g/mol. The van der Waals surface area contributed by atoms with Crippen molar-refractivity contribution >= 4 is 16.9 Å². The standard InChI is InChI=1S/C17H17FN4O/c1-3-22-16-9-6-13(10-15(16)19-20-22)17(23)21(2)11-12-4-7-14(18)8-5-12/h4-10H,3,11H2,1-2H3. The molecule has 0 radical (unpaired) electrons. The van der Waals surface area contributed by atoms with Crippen molar-refractivity contribution in [2.75, 3.05) is 7.05 Å². The van der Waals surface area contributed by atoms with Crippen molar-refractivity contribution in [3.8, 4) is 0 Å². The lowest BCUT2D eigenvalue weighted by Crippen LogP contribution is -2.26. The van der Waals surface area contributed by atoms with Crippen LogP contribution in [0.1, 0.15) is 22.8 Å². The number of rotatable bonds is 4. The summed E-state index contributed by atoms with van der Waals surface area (Å²) in [5.74, 6) is -0.394. The fourth-order valence-corrected chi connectivity index (χ4v) is 2.49. The van der Waals surface area contributed by atoms with Gasteiger partial charge in [-0.15, -0.1) is 5.10 Å². The maximum Gasteiger partial charge on any atom is 0.253 e. The third kappa shape index (κ3) is 3.06. The molecule has 0 atom stereocenters. The number of halogens is 1. The Morgan fingerprint density at radius 2 is 1.96 bits per heavy atom. The Kier molecular flexibility index (Phi) is 4.06. The van der Waals surface area contributed by atoms with Gasteiger partial charge in [0.15, 0.2) is 0 Å². The van der Waals surface area contributed by atoms with E-state index in [0.717, 1.165) is 17.6 Å². The third-order valence-corrected chi connectivity index (χ3v) is 3.74. The van der Waals surface area contributed by atoms with Crippen LogP contribution in [0.4, 0.5) is 4.39 Å². The van der Waals surface area contributed by atoms with Crippen LogP contribution < -0.4 is 0 Å². The highest BCUT2D eigenvalue weighted by atomic mass is 19.1. The Labute approximate surface area is 133 Å². The van der Waals surface area contributed by atoms with E-state index in [1.807, 2.05) is 13.0 Å². The lowest BCUT2D eigenvalue weighted by Gasteiger charge is -2.17. The first kappa shape index (κ1) is 15.1. The summed E-state index contributed by atoms with van der Waals surface area (Å²) in [6.45, 7) is 3.14.